The van der Waals surface area contributed by atoms with Gasteiger partial charge in [0.15, 0.2) is 5.92 Å². The summed E-state index contributed by atoms with van der Waals surface area (Å²) in [6, 6.07) is 13.3. The Morgan fingerprint density at radius 1 is 1.35 bits per heavy atom. The third kappa shape index (κ3) is 3.12. The molecule has 1 atom stereocenters. The molecule has 1 aromatic heterocycles. The van der Waals surface area contributed by atoms with E-state index in [0.29, 0.717) is 12.2 Å². The molecule has 0 saturated heterocycles. The van der Waals surface area contributed by atoms with Gasteiger partial charge in [-0.25, -0.2) is 0 Å². The summed E-state index contributed by atoms with van der Waals surface area (Å²) in [6.07, 6.45) is 1.92. The van der Waals surface area contributed by atoms with Crippen LogP contribution in [0.4, 0.5) is 0 Å². The number of rotatable bonds is 5. The molecule has 1 N–H and O–H groups in total. The highest BCUT2D eigenvalue weighted by Crippen LogP contribution is 2.18. The third-order valence-corrected chi connectivity index (χ3v) is 3.14. The lowest BCUT2D eigenvalue weighted by Gasteiger charge is -2.10. The Hall–Kier alpha value is -2.41. The zero-order chi connectivity index (χ0) is 14.4. The second-order valence-electron chi connectivity index (χ2n) is 4.64. The fourth-order valence-corrected chi connectivity index (χ4v) is 1.99. The van der Waals surface area contributed by atoms with Crippen LogP contribution < -0.4 is 5.32 Å². The van der Waals surface area contributed by atoms with Crippen molar-refractivity contribution in [3.63, 3.8) is 0 Å². The third-order valence-electron chi connectivity index (χ3n) is 3.14. The summed E-state index contributed by atoms with van der Waals surface area (Å²) >= 11 is 0. The van der Waals surface area contributed by atoms with Crippen LogP contribution in [0, 0.1) is 11.3 Å². The fraction of sp³-hybridized carbons (Fsp3) is 0.312. The molecule has 0 aliphatic heterocycles. The number of carbonyl (C=O) groups excluding carboxylic acids is 1. The van der Waals surface area contributed by atoms with Crippen LogP contribution in [0.1, 0.15) is 31.4 Å². The minimum Gasteiger partial charge on any atom is -0.355 e. The molecule has 2 aromatic rings. The van der Waals surface area contributed by atoms with Crippen molar-refractivity contribution in [2.24, 2.45) is 0 Å². The number of nitrogens with one attached hydrogen (secondary N) is 1. The van der Waals surface area contributed by atoms with Crippen LogP contribution in [0.25, 0.3) is 10.9 Å². The first kappa shape index (κ1) is 14.0. The van der Waals surface area contributed by atoms with Gasteiger partial charge in [-0.15, -0.1) is 0 Å². The molecule has 0 aliphatic carbocycles. The van der Waals surface area contributed by atoms with Gasteiger partial charge in [0, 0.05) is 11.9 Å². The largest absolute Gasteiger partial charge is 0.355 e. The van der Waals surface area contributed by atoms with Crippen molar-refractivity contribution in [3.05, 3.63) is 42.1 Å². The number of hydrogen-bond acceptors (Lipinski definition) is 3. The average Bonchev–Trinajstić information content (AvgIpc) is 2.48. The number of nitriles is 1. The van der Waals surface area contributed by atoms with Crippen molar-refractivity contribution >= 4 is 16.8 Å². The van der Waals surface area contributed by atoms with E-state index in [9.17, 15) is 10.1 Å². The van der Waals surface area contributed by atoms with E-state index in [0.717, 1.165) is 23.7 Å². The van der Waals surface area contributed by atoms with E-state index in [1.54, 1.807) is 6.07 Å². The maximum atomic E-state index is 12.0. The molecule has 1 amide bonds. The van der Waals surface area contributed by atoms with Gasteiger partial charge in [0.2, 0.25) is 5.91 Å². The lowest BCUT2D eigenvalue weighted by atomic mass is 10.0. The molecule has 102 valence electrons. The Kier molecular flexibility index (Phi) is 4.67. The highest BCUT2D eigenvalue weighted by molar-refractivity contribution is 5.87. The molecule has 0 fully saturated rings. The zero-order valence-corrected chi connectivity index (χ0v) is 11.5. The summed E-state index contributed by atoms with van der Waals surface area (Å²) in [5.41, 5.74) is 1.30. The minimum absolute atomic E-state index is 0.274. The molecule has 0 radical (unpaired) electrons. The van der Waals surface area contributed by atoms with Gasteiger partial charge in [0.25, 0.3) is 0 Å². The number of fused-ring (bicyclic) bond motifs is 1. The number of para-hydroxylation sites is 1. The predicted octanol–water partition coefficient (Wildman–Crippen LogP) is 2.76. The number of benzene rings is 1. The minimum atomic E-state index is -0.850. The molecule has 2 rings (SSSR count). The van der Waals surface area contributed by atoms with Gasteiger partial charge in [-0.05, 0) is 18.6 Å². The first-order chi connectivity index (χ1) is 9.76. The standard InChI is InChI=1S/C16H17N3O/c1-2-3-10-18-16(20)13(11-17)15-9-8-12-6-4-5-7-14(12)19-15/h4-9,13H,2-3,10H2,1H3,(H,18,20). The number of nitrogens with zero attached hydrogens (tertiary/aromatic N) is 2. The molecule has 0 aliphatic rings. The average molecular weight is 267 g/mol. The van der Waals surface area contributed by atoms with Crippen LogP contribution >= 0.6 is 0 Å². The van der Waals surface area contributed by atoms with Crippen molar-refractivity contribution < 1.29 is 4.79 Å². The van der Waals surface area contributed by atoms with Crippen molar-refractivity contribution in [3.8, 4) is 6.07 Å². The SMILES string of the molecule is CCCCNC(=O)C(C#N)c1ccc2ccccc2n1. The second-order valence-corrected chi connectivity index (χ2v) is 4.64. The Labute approximate surface area is 118 Å². The summed E-state index contributed by atoms with van der Waals surface area (Å²) in [5.74, 6) is -1.12. The van der Waals surface area contributed by atoms with E-state index in [1.807, 2.05) is 36.4 Å². The lowest BCUT2D eigenvalue weighted by molar-refractivity contribution is -0.121. The van der Waals surface area contributed by atoms with Crippen molar-refractivity contribution in [1.29, 1.82) is 5.26 Å². The Morgan fingerprint density at radius 2 is 2.15 bits per heavy atom. The number of aromatic nitrogens is 1. The van der Waals surface area contributed by atoms with E-state index in [4.69, 9.17) is 0 Å². The van der Waals surface area contributed by atoms with Crippen LogP contribution in [0.2, 0.25) is 0 Å². The molecule has 1 unspecified atom stereocenters. The quantitative estimate of drug-likeness (QED) is 0.847. The van der Waals surface area contributed by atoms with Gasteiger partial charge in [0.05, 0.1) is 17.3 Å². The molecule has 0 saturated carbocycles. The zero-order valence-electron chi connectivity index (χ0n) is 11.5. The topological polar surface area (TPSA) is 65.8 Å². The van der Waals surface area contributed by atoms with Gasteiger partial charge >= 0.3 is 0 Å². The molecule has 4 heteroatoms. The van der Waals surface area contributed by atoms with E-state index in [1.165, 1.54) is 0 Å². The maximum absolute atomic E-state index is 12.0. The summed E-state index contributed by atoms with van der Waals surface area (Å²) in [7, 11) is 0. The van der Waals surface area contributed by atoms with Gasteiger partial charge in [-0.1, -0.05) is 37.6 Å². The second kappa shape index (κ2) is 6.67. The van der Waals surface area contributed by atoms with E-state index < -0.39 is 5.92 Å². The molecule has 1 aromatic carbocycles. The first-order valence-corrected chi connectivity index (χ1v) is 6.79. The summed E-state index contributed by atoms with van der Waals surface area (Å²) in [5, 5.41) is 13.0. The predicted molar refractivity (Wildman–Crippen MR) is 78.0 cm³/mol. The van der Waals surface area contributed by atoms with Crippen LogP contribution in [-0.4, -0.2) is 17.4 Å². The number of pyridine rings is 1. The smallest absolute Gasteiger partial charge is 0.243 e. The molecule has 0 spiro atoms. The van der Waals surface area contributed by atoms with Gasteiger partial charge < -0.3 is 5.32 Å². The van der Waals surface area contributed by atoms with Gasteiger partial charge in [-0.2, -0.15) is 5.26 Å². The van der Waals surface area contributed by atoms with Crippen LogP contribution in [0.5, 0.6) is 0 Å². The fourth-order valence-electron chi connectivity index (χ4n) is 1.99. The van der Waals surface area contributed by atoms with Crippen LogP contribution in [0.3, 0.4) is 0 Å². The number of carbonyl (C=O) groups is 1. The number of amides is 1. The van der Waals surface area contributed by atoms with Crippen LogP contribution in [-0.2, 0) is 4.79 Å². The van der Waals surface area contributed by atoms with E-state index in [2.05, 4.69) is 17.2 Å². The Bertz CT molecular complexity index is 645. The monoisotopic (exact) mass is 267 g/mol. The van der Waals surface area contributed by atoms with Crippen molar-refractivity contribution in [2.45, 2.75) is 25.7 Å². The van der Waals surface area contributed by atoms with E-state index >= 15 is 0 Å². The highest BCUT2D eigenvalue weighted by atomic mass is 16.1. The summed E-state index contributed by atoms with van der Waals surface area (Å²) in [6.45, 7) is 2.65. The highest BCUT2D eigenvalue weighted by Gasteiger charge is 2.21. The van der Waals surface area contributed by atoms with Crippen molar-refractivity contribution in [1.82, 2.24) is 10.3 Å². The van der Waals surface area contributed by atoms with Crippen molar-refractivity contribution in [2.75, 3.05) is 6.54 Å². The van der Waals surface area contributed by atoms with Gasteiger partial charge in [-0.3, -0.25) is 9.78 Å². The summed E-state index contributed by atoms with van der Waals surface area (Å²) < 4.78 is 0. The Morgan fingerprint density at radius 3 is 2.90 bits per heavy atom. The number of unbranched alkanes of at least 4 members (excludes halogenated alkanes) is 1. The molecular weight excluding hydrogens is 250 g/mol. The lowest BCUT2D eigenvalue weighted by Crippen LogP contribution is -2.29. The Balaban J connectivity index is 2.21. The van der Waals surface area contributed by atoms with E-state index in [-0.39, 0.29) is 5.91 Å². The molecule has 0 bridgehead atoms. The van der Waals surface area contributed by atoms with Gasteiger partial charge in [0.1, 0.15) is 0 Å². The normalized spacial score (nSPS) is 11.8. The first-order valence-electron chi connectivity index (χ1n) is 6.79. The molecule has 1 heterocycles. The summed E-state index contributed by atoms with van der Waals surface area (Å²) in [4.78, 5) is 16.4. The van der Waals surface area contributed by atoms with Crippen LogP contribution in [0.15, 0.2) is 36.4 Å². The molecule has 20 heavy (non-hydrogen) atoms. The molecule has 4 nitrogen and oxygen atoms in total. The molecular formula is C16H17N3O. The number of hydrogen-bond donors (Lipinski definition) is 1. The maximum Gasteiger partial charge on any atom is 0.243 e.